The van der Waals surface area contributed by atoms with Crippen molar-refractivity contribution < 1.29 is 14.4 Å². The highest BCUT2D eigenvalue weighted by molar-refractivity contribution is 6.21. The van der Waals surface area contributed by atoms with E-state index in [-0.39, 0.29) is 23.1 Å². The number of rotatable bonds is 3. The van der Waals surface area contributed by atoms with Crippen LogP contribution in [0.1, 0.15) is 65.7 Å². The summed E-state index contributed by atoms with van der Waals surface area (Å²) in [6.07, 6.45) is 8.30. The maximum atomic E-state index is 12.7. The van der Waals surface area contributed by atoms with Gasteiger partial charge in [-0.05, 0) is 79.9 Å². The van der Waals surface area contributed by atoms with Crippen molar-refractivity contribution in [3.8, 4) is 0 Å². The van der Waals surface area contributed by atoms with Crippen molar-refractivity contribution in [2.75, 3.05) is 12.4 Å². The number of carbonyl (C=O) groups is 3. The van der Waals surface area contributed by atoms with E-state index in [0.29, 0.717) is 23.2 Å². The standard InChI is InChI=1S/C21H24N2O3/c1-23-19(25)16-3-2-15(7-17(16)20(23)26)22-18(24)11-21-8-12-4-13(9-21)6-14(5-12)10-21/h2-3,7,12-14H,4-6,8-11H2,1H3,(H,22,24). The molecule has 3 amide bonds. The third-order valence-corrected chi connectivity index (χ3v) is 7.07. The maximum Gasteiger partial charge on any atom is 0.261 e. The van der Waals surface area contributed by atoms with Crippen molar-refractivity contribution in [2.24, 2.45) is 23.2 Å². The second-order valence-corrected chi connectivity index (χ2v) is 9.07. The Kier molecular flexibility index (Phi) is 3.34. The molecule has 1 heterocycles. The minimum absolute atomic E-state index is 0.0389. The molecule has 0 saturated heterocycles. The Bertz CT molecular complexity index is 793. The molecule has 5 heteroatoms. The van der Waals surface area contributed by atoms with Gasteiger partial charge in [0.05, 0.1) is 11.1 Å². The molecule has 1 aromatic rings. The molecule has 0 unspecified atom stereocenters. The summed E-state index contributed by atoms with van der Waals surface area (Å²) < 4.78 is 0. The van der Waals surface area contributed by atoms with Crippen LogP contribution in [-0.4, -0.2) is 29.7 Å². The number of amides is 3. The average Bonchev–Trinajstić information content (AvgIpc) is 2.77. The largest absolute Gasteiger partial charge is 0.326 e. The van der Waals surface area contributed by atoms with Crippen molar-refractivity contribution >= 4 is 23.4 Å². The molecule has 5 aliphatic rings. The first-order valence-corrected chi connectivity index (χ1v) is 9.69. The van der Waals surface area contributed by atoms with Crippen molar-refractivity contribution in [1.82, 2.24) is 4.90 Å². The summed E-state index contributed by atoms with van der Waals surface area (Å²) in [5.74, 6) is 1.94. The molecule has 6 rings (SSSR count). The highest BCUT2D eigenvalue weighted by Crippen LogP contribution is 2.61. The van der Waals surface area contributed by atoms with Crippen LogP contribution in [0.5, 0.6) is 0 Å². The van der Waals surface area contributed by atoms with E-state index in [1.54, 1.807) is 18.2 Å². The molecule has 5 nitrogen and oxygen atoms in total. The molecular weight excluding hydrogens is 328 g/mol. The van der Waals surface area contributed by atoms with Gasteiger partial charge in [-0.1, -0.05) is 0 Å². The smallest absolute Gasteiger partial charge is 0.261 e. The number of benzene rings is 1. The second-order valence-electron chi connectivity index (χ2n) is 9.07. The average molecular weight is 352 g/mol. The van der Waals surface area contributed by atoms with E-state index in [1.807, 2.05) is 0 Å². The molecule has 4 bridgehead atoms. The lowest BCUT2D eigenvalue weighted by molar-refractivity contribution is -0.124. The summed E-state index contributed by atoms with van der Waals surface area (Å²) in [5.41, 5.74) is 1.60. The van der Waals surface area contributed by atoms with Gasteiger partial charge < -0.3 is 5.32 Å². The van der Waals surface area contributed by atoms with Crippen LogP contribution >= 0.6 is 0 Å². The predicted molar refractivity (Wildman–Crippen MR) is 96.7 cm³/mol. The van der Waals surface area contributed by atoms with Crippen molar-refractivity contribution in [1.29, 1.82) is 0 Å². The molecule has 136 valence electrons. The minimum atomic E-state index is -0.304. The molecule has 0 spiro atoms. The van der Waals surface area contributed by atoms with Gasteiger partial charge >= 0.3 is 0 Å². The summed E-state index contributed by atoms with van der Waals surface area (Å²) in [7, 11) is 1.48. The highest BCUT2D eigenvalue weighted by atomic mass is 16.2. The molecular formula is C21H24N2O3. The number of carbonyl (C=O) groups excluding carboxylic acids is 3. The van der Waals surface area contributed by atoms with Gasteiger partial charge in [0.2, 0.25) is 5.91 Å². The first-order valence-electron chi connectivity index (χ1n) is 9.69. The second kappa shape index (κ2) is 5.41. The van der Waals surface area contributed by atoms with Crippen LogP contribution in [-0.2, 0) is 4.79 Å². The molecule has 0 aromatic heterocycles. The maximum absolute atomic E-state index is 12.7. The van der Waals surface area contributed by atoms with E-state index < -0.39 is 0 Å². The lowest BCUT2D eigenvalue weighted by Gasteiger charge is -2.56. The summed E-state index contributed by atoms with van der Waals surface area (Å²) in [6, 6.07) is 5.00. The Morgan fingerprint density at radius 3 is 2.23 bits per heavy atom. The predicted octanol–water partition coefficient (Wildman–Crippen LogP) is 3.46. The highest BCUT2D eigenvalue weighted by Gasteiger charge is 2.51. The molecule has 0 radical (unpaired) electrons. The summed E-state index contributed by atoms with van der Waals surface area (Å²) in [4.78, 5) is 38.0. The van der Waals surface area contributed by atoms with Crippen molar-refractivity contribution in [3.63, 3.8) is 0 Å². The van der Waals surface area contributed by atoms with Crippen LogP contribution in [0.3, 0.4) is 0 Å². The van der Waals surface area contributed by atoms with Gasteiger partial charge in [-0.2, -0.15) is 0 Å². The summed E-state index contributed by atoms with van der Waals surface area (Å²) in [6.45, 7) is 0. The normalized spacial score (nSPS) is 34.3. The van der Waals surface area contributed by atoms with Crippen molar-refractivity contribution in [3.05, 3.63) is 29.3 Å². The third kappa shape index (κ3) is 2.40. The van der Waals surface area contributed by atoms with Gasteiger partial charge in [-0.15, -0.1) is 0 Å². The molecule has 1 aliphatic heterocycles. The van der Waals surface area contributed by atoms with E-state index in [2.05, 4.69) is 5.32 Å². The first-order chi connectivity index (χ1) is 12.4. The topological polar surface area (TPSA) is 66.5 Å². The van der Waals surface area contributed by atoms with Crippen molar-refractivity contribution in [2.45, 2.75) is 44.9 Å². The summed E-state index contributed by atoms with van der Waals surface area (Å²) in [5, 5.41) is 2.98. The molecule has 0 atom stereocenters. The lowest BCUT2D eigenvalue weighted by atomic mass is 9.49. The molecule has 4 saturated carbocycles. The Morgan fingerprint density at radius 2 is 1.62 bits per heavy atom. The van der Waals surface area contributed by atoms with Gasteiger partial charge in [0.1, 0.15) is 0 Å². The fraction of sp³-hybridized carbons (Fsp3) is 0.571. The van der Waals surface area contributed by atoms with E-state index >= 15 is 0 Å². The van der Waals surface area contributed by atoms with Crippen LogP contribution in [0.4, 0.5) is 5.69 Å². The number of imide groups is 1. The molecule has 1 aromatic carbocycles. The number of nitrogens with one attached hydrogen (secondary N) is 1. The summed E-state index contributed by atoms with van der Waals surface area (Å²) >= 11 is 0. The Morgan fingerprint density at radius 1 is 1.04 bits per heavy atom. The minimum Gasteiger partial charge on any atom is -0.326 e. The SMILES string of the molecule is CN1C(=O)c2ccc(NC(=O)CC34CC5CC(CC(C5)C3)C4)cc2C1=O. The number of fused-ring (bicyclic) bond motifs is 1. The Hall–Kier alpha value is -2.17. The van der Waals surface area contributed by atoms with Gasteiger partial charge in [0.25, 0.3) is 11.8 Å². The van der Waals surface area contributed by atoms with Crippen LogP contribution in [0.25, 0.3) is 0 Å². The zero-order chi connectivity index (χ0) is 18.1. The zero-order valence-electron chi connectivity index (χ0n) is 15.1. The fourth-order valence-electron chi connectivity index (χ4n) is 6.49. The van der Waals surface area contributed by atoms with E-state index in [0.717, 1.165) is 22.7 Å². The molecule has 4 aliphatic carbocycles. The fourth-order valence-corrected chi connectivity index (χ4v) is 6.49. The lowest BCUT2D eigenvalue weighted by Crippen LogP contribution is -2.47. The van der Waals surface area contributed by atoms with Crippen LogP contribution in [0.2, 0.25) is 0 Å². The van der Waals surface area contributed by atoms with Crippen LogP contribution in [0.15, 0.2) is 18.2 Å². The number of hydrogen-bond donors (Lipinski definition) is 1. The van der Waals surface area contributed by atoms with E-state index in [1.165, 1.54) is 45.6 Å². The number of anilines is 1. The molecule has 1 N–H and O–H groups in total. The van der Waals surface area contributed by atoms with Gasteiger partial charge in [-0.3, -0.25) is 19.3 Å². The number of nitrogens with zero attached hydrogens (tertiary/aromatic N) is 1. The van der Waals surface area contributed by atoms with Gasteiger partial charge in [0.15, 0.2) is 0 Å². The monoisotopic (exact) mass is 352 g/mol. The van der Waals surface area contributed by atoms with Gasteiger partial charge in [-0.25, -0.2) is 0 Å². The third-order valence-electron chi connectivity index (χ3n) is 7.07. The zero-order valence-corrected chi connectivity index (χ0v) is 15.1. The first kappa shape index (κ1) is 16.0. The molecule has 26 heavy (non-hydrogen) atoms. The Balaban J connectivity index is 1.31. The Labute approximate surface area is 153 Å². The van der Waals surface area contributed by atoms with E-state index in [4.69, 9.17) is 0 Å². The van der Waals surface area contributed by atoms with Gasteiger partial charge in [0, 0.05) is 19.2 Å². The van der Waals surface area contributed by atoms with Crippen LogP contribution < -0.4 is 5.32 Å². The van der Waals surface area contributed by atoms with Crippen LogP contribution in [0, 0.1) is 23.2 Å². The number of hydrogen-bond acceptors (Lipinski definition) is 3. The molecule has 4 fully saturated rings. The van der Waals surface area contributed by atoms with E-state index in [9.17, 15) is 14.4 Å². The quantitative estimate of drug-likeness (QED) is 0.847.